The minimum Gasteiger partial charge on any atom is -0.493 e. The van der Waals surface area contributed by atoms with Crippen LogP contribution in [0.15, 0.2) is 17.7 Å². The molecule has 1 aromatic rings. The smallest absolute Gasteiger partial charge is 0.348 e. The number of ether oxygens (including phenoxy) is 5. The zero-order valence-electron chi connectivity index (χ0n) is 15.5. The number of aliphatic carboxylic acids is 1. The maximum Gasteiger partial charge on any atom is 0.348 e. The van der Waals surface area contributed by atoms with Crippen LogP contribution in [0.5, 0.6) is 17.2 Å². The number of esters is 2. The molecule has 2 rings (SSSR count). The van der Waals surface area contributed by atoms with E-state index in [-0.39, 0.29) is 22.8 Å². The SMILES string of the molecule is COc1cc(C=C2C(=O)OC(C)(C)OC2=O)cc(OC)c1OC(C)C(=O)O. The van der Waals surface area contributed by atoms with Gasteiger partial charge in [-0.3, -0.25) is 0 Å². The van der Waals surface area contributed by atoms with E-state index in [0.29, 0.717) is 5.56 Å². The van der Waals surface area contributed by atoms with Crippen LogP contribution in [0.3, 0.4) is 0 Å². The summed E-state index contributed by atoms with van der Waals surface area (Å²) in [6, 6.07) is 2.92. The molecule has 1 atom stereocenters. The highest BCUT2D eigenvalue weighted by Gasteiger charge is 2.39. The van der Waals surface area contributed by atoms with E-state index in [0.717, 1.165) is 0 Å². The van der Waals surface area contributed by atoms with Gasteiger partial charge < -0.3 is 28.8 Å². The lowest BCUT2D eigenvalue weighted by Crippen LogP contribution is -2.41. The van der Waals surface area contributed by atoms with Gasteiger partial charge in [-0.1, -0.05) is 0 Å². The lowest BCUT2D eigenvalue weighted by atomic mass is 10.1. The normalized spacial score (nSPS) is 16.7. The number of carboxylic acids is 1. The summed E-state index contributed by atoms with van der Waals surface area (Å²) in [5.74, 6) is -3.76. The third-order valence-electron chi connectivity index (χ3n) is 3.55. The van der Waals surface area contributed by atoms with Gasteiger partial charge >= 0.3 is 17.9 Å². The second-order valence-electron chi connectivity index (χ2n) is 6.09. The summed E-state index contributed by atoms with van der Waals surface area (Å²) in [6.07, 6.45) is 0.109. The first-order valence-electron chi connectivity index (χ1n) is 7.92. The Kier molecular flexibility index (Phi) is 5.63. The zero-order valence-corrected chi connectivity index (χ0v) is 15.5. The molecule has 1 heterocycles. The van der Waals surface area contributed by atoms with E-state index in [9.17, 15) is 14.4 Å². The summed E-state index contributed by atoms with van der Waals surface area (Å²) < 4.78 is 25.9. The molecular formula is C18H20O9. The maximum absolute atomic E-state index is 12.1. The van der Waals surface area contributed by atoms with Crippen LogP contribution in [0.25, 0.3) is 6.08 Å². The monoisotopic (exact) mass is 380 g/mol. The van der Waals surface area contributed by atoms with Crippen molar-refractivity contribution in [3.8, 4) is 17.2 Å². The van der Waals surface area contributed by atoms with Crippen molar-refractivity contribution in [2.75, 3.05) is 14.2 Å². The summed E-state index contributed by atoms with van der Waals surface area (Å²) in [5.41, 5.74) is 0.0636. The fourth-order valence-electron chi connectivity index (χ4n) is 2.27. The Morgan fingerprint density at radius 2 is 1.59 bits per heavy atom. The number of benzene rings is 1. The molecule has 0 aromatic heterocycles. The molecule has 1 fully saturated rings. The largest absolute Gasteiger partial charge is 0.493 e. The van der Waals surface area contributed by atoms with Crippen molar-refractivity contribution < 1.29 is 43.2 Å². The van der Waals surface area contributed by atoms with Gasteiger partial charge in [-0.05, 0) is 30.7 Å². The Hall–Kier alpha value is -3.23. The van der Waals surface area contributed by atoms with Crippen LogP contribution in [0.1, 0.15) is 26.3 Å². The Balaban J connectivity index is 2.46. The Bertz CT molecular complexity index is 760. The van der Waals surface area contributed by atoms with Crippen LogP contribution in [-0.2, 0) is 23.9 Å². The maximum atomic E-state index is 12.1. The van der Waals surface area contributed by atoms with Crippen LogP contribution < -0.4 is 14.2 Å². The number of methoxy groups -OCH3 is 2. The molecular weight excluding hydrogens is 360 g/mol. The van der Waals surface area contributed by atoms with Gasteiger partial charge in [0.25, 0.3) is 5.79 Å². The molecule has 0 saturated carbocycles. The van der Waals surface area contributed by atoms with Gasteiger partial charge in [0.05, 0.1) is 14.2 Å². The second kappa shape index (κ2) is 7.56. The first-order valence-corrected chi connectivity index (χ1v) is 7.92. The minimum absolute atomic E-state index is 0.0759. The topological polar surface area (TPSA) is 118 Å². The number of carboxylic acid groups (broad SMARTS) is 1. The average molecular weight is 380 g/mol. The molecule has 0 spiro atoms. The van der Waals surface area contributed by atoms with E-state index in [2.05, 4.69) is 0 Å². The van der Waals surface area contributed by atoms with E-state index in [4.69, 9.17) is 28.8 Å². The fourth-order valence-corrected chi connectivity index (χ4v) is 2.27. The van der Waals surface area contributed by atoms with Crippen molar-refractivity contribution >= 4 is 24.0 Å². The first kappa shape index (κ1) is 20.1. The standard InChI is InChI=1S/C18H20O9/c1-9(15(19)20)25-14-12(23-4)7-10(8-13(14)24-5)6-11-16(21)26-18(2,3)27-17(11)22/h6-9H,1-5H3,(H,19,20). The van der Waals surface area contributed by atoms with Gasteiger partial charge in [-0.25, -0.2) is 14.4 Å². The van der Waals surface area contributed by atoms with Crippen molar-refractivity contribution in [2.45, 2.75) is 32.7 Å². The zero-order chi connectivity index (χ0) is 20.4. The minimum atomic E-state index is -1.34. The van der Waals surface area contributed by atoms with E-state index in [1.165, 1.54) is 53.2 Å². The first-order chi connectivity index (χ1) is 12.6. The second-order valence-corrected chi connectivity index (χ2v) is 6.09. The number of cyclic esters (lactones) is 2. The Morgan fingerprint density at radius 1 is 1.11 bits per heavy atom. The lowest BCUT2D eigenvalue weighted by molar-refractivity contribution is -0.222. The Morgan fingerprint density at radius 3 is 2.00 bits per heavy atom. The Labute approximate surface area is 155 Å². The number of carbonyl (C=O) groups is 3. The van der Waals surface area contributed by atoms with Crippen molar-refractivity contribution in [3.63, 3.8) is 0 Å². The van der Waals surface area contributed by atoms with Crippen molar-refractivity contribution in [1.82, 2.24) is 0 Å². The van der Waals surface area contributed by atoms with Crippen LogP contribution >= 0.6 is 0 Å². The van der Waals surface area contributed by atoms with Crippen LogP contribution in [0.2, 0.25) is 0 Å². The van der Waals surface area contributed by atoms with E-state index >= 15 is 0 Å². The summed E-state index contributed by atoms with van der Waals surface area (Å²) in [7, 11) is 2.71. The highest BCUT2D eigenvalue weighted by atomic mass is 16.7. The highest BCUT2D eigenvalue weighted by Crippen LogP contribution is 2.40. The van der Waals surface area contributed by atoms with Gasteiger partial charge in [0.2, 0.25) is 5.75 Å². The number of hydrogen-bond acceptors (Lipinski definition) is 8. The molecule has 1 aliphatic heterocycles. The van der Waals surface area contributed by atoms with E-state index < -0.39 is 29.8 Å². The number of hydrogen-bond donors (Lipinski definition) is 1. The third kappa shape index (κ3) is 4.49. The molecule has 1 aliphatic rings. The van der Waals surface area contributed by atoms with Gasteiger partial charge in [0.15, 0.2) is 17.6 Å². The molecule has 0 radical (unpaired) electrons. The van der Waals surface area contributed by atoms with Crippen molar-refractivity contribution in [3.05, 3.63) is 23.3 Å². The van der Waals surface area contributed by atoms with Crippen molar-refractivity contribution in [2.24, 2.45) is 0 Å². The summed E-state index contributed by atoms with van der Waals surface area (Å²) in [5, 5.41) is 9.02. The molecule has 0 aliphatic carbocycles. The quantitative estimate of drug-likeness (QED) is 0.447. The van der Waals surface area contributed by atoms with Crippen LogP contribution in [0.4, 0.5) is 0 Å². The number of carbonyl (C=O) groups excluding carboxylic acids is 2. The molecule has 27 heavy (non-hydrogen) atoms. The van der Waals surface area contributed by atoms with Crippen LogP contribution in [0, 0.1) is 0 Å². The van der Waals surface area contributed by atoms with Gasteiger partial charge in [0.1, 0.15) is 5.57 Å². The van der Waals surface area contributed by atoms with Crippen LogP contribution in [-0.4, -0.2) is 49.1 Å². The molecule has 1 N–H and O–H groups in total. The lowest BCUT2D eigenvalue weighted by Gasteiger charge is -2.29. The fraction of sp³-hybridized carbons (Fsp3) is 0.389. The molecule has 9 nitrogen and oxygen atoms in total. The van der Waals surface area contributed by atoms with E-state index in [1.54, 1.807) is 0 Å². The average Bonchev–Trinajstić information content (AvgIpc) is 2.57. The molecule has 1 aromatic carbocycles. The highest BCUT2D eigenvalue weighted by molar-refractivity contribution is 6.18. The van der Waals surface area contributed by atoms with Gasteiger partial charge in [-0.2, -0.15) is 0 Å². The molecule has 1 saturated heterocycles. The molecule has 0 amide bonds. The van der Waals surface area contributed by atoms with Crippen molar-refractivity contribution in [1.29, 1.82) is 0 Å². The molecule has 1 unspecified atom stereocenters. The summed E-state index contributed by atoms with van der Waals surface area (Å²) >= 11 is 0. The van der Waals surface area contributed by atoms with E-state index in [1.807, 2.05) is 0 Å². The molecule has 9 heteroatoms. The predicted molar refractivity (Wildman–Crippen MR) is 91.5 cm³/mol. The molecule has 146 valence electrons. The molecule has 0 bridgehead atoms. The predicted octanol–water partition coefficient (Wildman–Crippen LogP) is 1.78. The third-order valence-corrected chi connectivity index (χ3v) is 3.55. The van der Waals surface area contributed by atoms with Gasteiger partial charge in [0, 0.05) is 13.8 Å². The summed E-state index contributed by atoms with van der Waals surface area (Å²) in [4.78, 5) is 35.2. The number of rotatable bonds is 6. The van der Waals surface area contributed by atoms with Gasteiger partial charge in [-0.15, -0.1) is 0 Å². The summed E-state index contributed by atoms with van der Waals surface area (Å²) in [6.45, 7) is 4.25.